The van der Waals surface area contributed by atoms with E-state index in [1.54, 1.807) is 12.1 Å². The smallest absolute Gasteiger partial charge is 0.117 e. The minimum Gasteiger partial charge on any atom is -0.508 e. The maximum Gasteiger partial charge on any atom is 0.117 e. The molecule has 1 nitrogen and oxygen atoms in total. The van der Waals surface area contributed by atoms with Crippen molar-refractivity contribution in [2.75, 3.05) is 0 Å². The molecule has 0 aliphatic rings. The maximum absolute atomic E-state index is 9.30. The van der Waals surface area contributed by atoms with Crippen molar-refractivity contribution in [3.8, 4) is 5.75 Å². The van der Waals surface area contributed by atoms with Gasteiger partial charge in [0.2, 0.25) is 0 Å². The highest BCUT2D eigenvalue weighted by Gasteiger charge is 2.28. The Labute approximate surface area is 98.5 Å². The van der Waals surface area contributed by atoms with Crippen LogP contribution in [0.1, 0.15) is 0 Å². The number of phenols is 1. The molecule has 0 bridgehead atoms. The average molecular weight is 230 g/mol. The summed E-state index contributed by atoms with van der Waals surface area (Å²) in [5.41, 5.74) is 2.07. The van der Waals surface area contributed by atoms with Gasteiger partial charge in [-0.05, 0) is 24.2 Å². The average Bonchev–Trinajstić information content (AvgIpc) is 2.29. The first kappa shape index (κ1) is 12.5. The minimum atomic E-state index is -1.75. The molecule has 0 saturated carbocycles. The van der Waals surface area contributed by atoms with Crippen molar-refractivity contribution in [1.82, 2.24) is 0 Å². The van der Waals surface area contributed by atoms with Crippen LogP contribution in [0.15, 0.2) is 61.9 Å². The van der Waals surface area contributed by atoms with Crippen molar-refractivity contribution in [2.24, 2.45) is 0 Å². The Hall–Kier alpha value is -1.54. The zero-order valence-corrected chi connectivity index (χ0v) is 10.5. The molecule has 0 fully saturated rings. The number of aromatic hydroxyl groups is 1. The van der Waals surface area contributed by atoms with Crippen molar-refractivity contribution in [3.63, 3.8) is 0 Å². The quantitative estimate of drug-likeness (QED) is 0.588. The molecule has 0 aliphatic heterocycles. The number of benzene rings is 1. The Morgan fingerprint density at radius 3 is 1.88 bits per heavy atom. The van der Waals surface area contributed by atoms with E-state index in [9.17, 15) is 5.11 Å². The summed E-state index contributed by atoms with van der Waals surface area (Å²) >= 11 is 0. The van der Waals surface area contributed by atoms with Gasteiger partial charge in [0, 0.05) is 0 Å². The Kier molecular flexibility index (Phi) is 4.32. The molecule has 1 aromatic carbocycles. The number of allylic oxidation sites excluding steroid dienone is 2. The summed E-state index contributed by atoms with van der Waals surface area (Å²) in [4.78, 5) is 0. The van der Waals surface area contributed by atoms with Crippen LogP contribution in [-0.4, -0.2) is 13.2 Å². The van der Waals surface area contributed by atoms with Gasteiger partial charge < -0.3 is 5.11 Å². The predicted molar refractivity (Wildman–Crippen MR) is 73.7 cm³/mol. The van der Waals surface area contributed by atoms with Crippen LogP contribution in [0.3, 0.4) is 0 Å². The predicted octanol–water partition coefficient (Wildman–Crippen LogP) is 3.15. The molecule has 2 heteroatoms. The van der Waals surface area contributed by atoms with Crippen molar-refractivity contribution >= 4 is 13.3 Å². The molecule has 0 atom stereocenters. The van der Waals surface area contributed by atoms with E-state index in [1.165, 1.54) is 5.19 Å². The van der Waals surface area contributed by atoms with E-state index in [1.807, 2.05) is 24.3 Å². The van der Waals surface area contributed by atoms with Gasteiger partial charge in [-0.25, -0.2) is 0 Å². The minimum absolute atomic E-state index is 0.299. The molecule has 84 valence electrons. The third kappa shape index (κ3) is 2.52. The fourth-order valence-corrected chi connectivity index (χ4v) is 4.98. The Morgan fingerprint density at radius 2 is 1.50 bits per heavy atom. The lowest BCUT2D eigenvalue weighted by Gasteiger charge is -2.26. The topological polar surface area (TPSA) is 20.2 Å². The Morgan fingerprint density at radius 1 is 1.00 bits per heavy atom. The summed E-state index contributed by atoms with van der Waals surface area (Å²) < 4.78 is 0. The normalized spacial score (nSPS) is 10.8. The number of hydrogen-bond acceptors (Lipinski definition) is 1. The molecule has 0 aliphatic carbocycles. The van der Waals surface area contributed by atoms with Crippen molar-refractivity contribution < 1.29 is 5.11 Å². The molecule has 1 N–H and O–H groups in total. The van der Waals surface area contributed by atoms with Gasteiger partial charge in [0.1, 0.15) is 13.8 Å². The monoisotopic (exact) mass is 230 g/mol. The van der Waals surface area contributed by atoms with Gasteiger partial charge in [0.15, 0.2) is 0 Å². The second kappa shape index (κ2) is 5.52. The SMILES string of the molecule is C=CC[Si](C=C)(CC=C)c1ccc(O)cc1. The lowest BCUT2D eigenvalue weighted by molar-refractivity contribution is 0.475. The van der Waals surface area contributed by atoms with Crippen molar-refractivity contribution in [1.29, 1.82) is 0 Å². The first-order chi connectivity index (χ1) is 7.68. The van der Waals surface area contributed by atoms with Crippen LogP contribution in [0.2, 0.25) is 12.1 Å². The lowest BCUT2D eigenvalue weighted by atomic mass is 10.3. The van der Waals surface area contributed by atoms with E-state index in [0.717, 1.165) is 12.1 Å². The fraction of sp³-hybridized carbons (Fsp3) is 0.143. The van der Waals surface area contributed by atoms with Gasteiger partial charge in [-0.3, -0.25) is 0 Å². The Bertz CT molecular complexity index is 368. The molecular formula is C14H18OSi. The third-order valence-corrected chi connectivity index (χ3v) is 7.15. The van der Waals surface area contributed by atoms with Gasteiger partial charge in [-0.1, -0.05) is 35.2 Å². The van der Waals surface area contributed by atoms with E-state index < -0.39 is 8.07 Å². The standard InChI is InChI=1S/C14H18OSi/c1-4-11-16(6-3,12-5-2)14-9-7-13(15)8-10-14/h4-10,15H,1-3,11-12H2. The molecule has 0 saturated heterocycles. The molecule has 1 rings (SSSR count). The van der Waals surface area contributed by atoms with E-state index >= 15 is 0 Å². The number of rotatable bonds is 6. The summed E-state index contributed by atoms with van der Waals surface area (Å²) in [6.45, 7) is 11.6. The molecule has 0 unspecified atom stereocenters. The van der Waals surface area contributed by atoms with Crippen LogP contribution in [0.5, 0.6) is 5.75 Å². The Balaban J connectivity index is 3.17. The summed E-state index contributed by atoms with van der Waals surface area (Å²) in [7, 11) is -1.75. The maximum atomic E-state index is 9.30. The molecule has 0 heterocycles. The molecule has 1 aromatic rings. The van der Waals surface area contributed by atoms with Crippen LogP contribution in [0, 0.1) is 0 Å². The summed E-state index contributed by atoms with van der Waals surface area (Å²) in [6, 6.07) is 9.33. The molecule has 0 aromatic heterocycles. The van der Waals surface area contributed by atoms with Gasteiger partial charge in [-0.2, -0.15) is 0 Å². The summed E-state index contributed by atoms with van der Waals surface area (Å²) in [5.74, 6) is 0.299. The highest BCUT2D eigenvalue weighted by molar-refractivity contribution is 6.96. The zero-order chi connectivity index (χ0) is 12.0. The van der Waals surface area contributed by atoms with Crippen molar-refractivity contribution in [3.05, 3.63) is 61.9 Å². The summed E-state index contributed by atoms with van der Waals surface area (Å²) in [6.07, 6.45) is 3.90. The first-order valence-electron chi connectivity index (χ1n) is 5.33. The molecule has 0 radical (unpaired) electrons. The van der Waals surface area contributed by atoms with Crippen LogP contribution < -0.4 is 5.19 Å². The second-order valence-electron chi connectivity index (χ2n) is 3.89. The van der Waals surface area contributed by atoms with Gasteiger partial charge in [0.05, 0.1) is 0 Å². The molecular weight excluding hydrogens is 212 g/mol. The highest BCUT2D eigenvalue weighted by atomic mass is 28.3. The lowest BCUT2D eigenvalue weighted by Crippen LogP contribution is -2.44. The second-order valence-corrected chi connectivity index (χ2v) is 8.01. The summed E-state index contributed by atoms with van der Waals surface area (Å²) in [5, 5.41) is 10.6. The first-order valence-corrected chi connectivity index (χ1v) is 7.82. The van der Waals surface area contributed by atoms with Crippen LogP contribution in [0.4, 0.5) is 0 Å². The fourth-order valence-electron chi connectivity index (χ4n) is 1.91. The number of phenolic OH excluding ortho intramolecular Hbond substituents is 1. The van der Waals surface area contributed by atoms with Gasteiger partial charge in [-0.15, -0.1) is 19.7 Å². The van der Waals surface area contributed by atoms with Gasteiger partial charge >= 0.3 is 0 Å². The van der Waals surface area contributed by atoms with E-state index in [2.05, 4.69) is 25.4 Å². The molecule has 0 spiro atoms. The van der Waals surface area contributed by atoms with E-state index in [0.29, 0.717) is 5.75 Å². The van der Waals surface area contributed by atoms with Gasteiger partial charge in [0.25, 0.3) is 0 Å². The zero-order valence-electron chi connectivity index (χ0n) is 9.52. The third-order valence-electron chi connectivity index (χ3n) is 2.85. The van der Waals surface area contributed by atoms with E-state index in [-0.39, 0.29) is 0 Å². The van der Waals surface area contributed by atoms with Crippen LogP contribution >= 0.6 is 0 Å². The molecule has 0 amide bonds. The highest BCUT2D eigenvalue weighted by Crippen LogP contribution is 2.19. The van der Waals surface area contributed by atoms with Crippen molar-refractivity contribution in [2.45, 2.75) is 12.1 Å². The van der Waals surface area contributed by atoms with Crippen LogP contribution in [-0.2, 0) is 0 Å². The largest absolute Gasteiger partial charge is 0.508 e. The van der Waals surface area contributed by atoms with E-state index in [4.69, 9.17) is 0 Å². The van der Waals surface area contributed by atoms with Crippen LogP contribution in [0.25, 0.3) is 0 Å². The molecule has 16 heavy (non-hydrogen) atoms. The number of hydrogen-bond donors (Lipinski definition) is 1.